The Labute approximate surface area is 200 Å². The van der Waals surface area contributed by atoms with Gasteiger partial charge in [-0.05, 0) is 67.2 Å². The largest absolute Gasteiger partial charge is 0.453 e. The summed E-state index contributed by atoms with van der Waals surface area (Å²) >= 11 is 4.91. The molecule has 4 rings (SSSR count). The van der Waals surface area contributed by atoms with Crippen LogP contribution in [0, 0.1) is 0 Å². The van der Waals surface area contributed by atoms with Crippen molar-refractivity contribution < 1.29 is 14.3 Å². The van der Waals surface area contributed by atoms with Gasteiger partial charge < -0.3 is 19.7 Å². The van der Waals surface area contributed by atoms with E-state index in [1.54, 1.807) is 11.1 Å². The maximum atomic E-state index is 12.3. The number of benzene rings is 1. The summed E-state index contributed by atoms with van der Waals surface area (Å²) in [6.07, 6.45) is 4.30. The number of aromatic nitrogens is 1. The Balaban J connectivity index is 1.40. The number of likely N-dealkylation sites (tertiary alicyclic amines) is 1. The Morgan fingerprint density at radius 1 is 1.31 bits per heavy atom. The van der Waals surface area contributed by atoms with Gasteiger partial charge in [-0.25, -0.2) is 9.78 Å². The Morgan fingerprint density at radius 3 is 2.84 bits per heavy atom. The van der Waals surface area contributed by atoms with E-state index in [-0.39, 0.29) is 12.1 Å². The average Bonchev–Trinajstić information content (AvgIpc) is 3.39. The number of nitrogens with zero attached hydrogens (tertiary/aromatic N) is 3. The van der Waals surface area contributed by atoms with Gasteiger partial charge in [0.25, 0.3) is 0 Å². The molecule has 1 unspecified atom stereocenters. The van der Waals surface area contributed by atoms with E-state index < -0.39 is 5.60 Å². The molecular weight excluding hydrogens is 494 g/mol. The monoisotopic (exact) mass is 519 g/mol. The first kappa shape index (κ1) is 22.8. The number of hydrogen-bond donors (Lipinski definition) is 2. The molecule has 2 aliphatic heterocycles. The molecule has 1 aromatic carbocycles. The zero-order valence-corrected chi connectivity index (χ0v) is 20.6. The van der Waals surface area contributed by atoms with E-state index >= 15 is 0 Å². The van der Waals surface area contributed by atoms with E-state index in [1.807, 2.05) is 68.4 Å². The average molecular weight is 520 g/mol. The van der Waals surface area contributed by atoms with Crippen molar-refractivity contribution >= 4 is 39.8 Å². The van der Waals surface area contributed by atoms with Crippen molar-refractivity contribution in [2.24, 2.45) is 0 Å². The van der Waals surface area contributed by atoms with E-state index in [1.165, 1.54) is 11.9 Å². The highest BCUT2D eigenvalue weighted by atomic mass is 79.9. The smallest absolute Gasteiger partial charge is 0.410 e. The molecule has 32 heavy (non-hydrogen) atoms. The summed E-state index contributed by atoms with van der Waals surface area (Å²) in [5.74, 6) is 1.96. The fraction of sp³-hybridized carbons (Fsp3) is 0.364. The second-order valence-electron chi connectivity index (χ2n) is 8.50. The summed E-state index contributed by atoms with van der Waals surface area (Å²) < 4.78 is 12.3. The van der Waals surface area contributed by atoms with Gasteiger partial charge in [0, 0.05) is 36.0 Å². The molecule has 170 valence electrons. The normalized spacial score (nSPS) is 18.5. The molecule has 1 aromatic heterocycles. The number of nitrogens with one attached hydrogen (secondary N) is 2. The molecule has 0 spiro atoms. The number of hydrazine groups is 1. The number of carbonyl (C=O) groups excluding carboxylic acids is 1. The predicted molar refractivity (Wildman–Crippen MR) is 129 cm³/mol. The molecule has 3 heterocycles. The Bertz CT molecular complexity index is 999. The summed E-state index contributed by atoms with van der Waals surface area (Å²) in [4.78, 5) is 21.9. The molecule has 2 N–H and O–H groups in total. The third-order valence-corrected chi connectivity index (χ3v) is 5.92. The molecule has 8 nitrogen and oxygen atoms in total. The van der Waals surface area contributed by atoms with Crippen LogP contribution < -0.4 is 14.9 Å². The molecule has 2 aromatic rings. The zero-order chi connectivity index (χ0) is 22.7. The van der Waals surface area contributed by atoms with E-state index in [4.69, 9.17) is 9.47 Å². The van der Waals surface area contributed by atoms with Gasteiger partial charge in [0.15, 0.2) is 11.6 Å². The summed E-state index contributed by atoms with van der Waals surface area (Å²) in [5, 5.41) is 6.24. The van der Waals surface area contributed by atoms with Gasteiger partial charge in [-0.15, -0.1) is 0 Å². The molecule has 0 saturated carbocycles. The Kier molecular flexibility index (Phi) is 6.82. The Hall–Kier alpha value is -2.43. The lowest BCUT2D eigenvalue weighted by Gasteiger charge is -2.26. The summed E-state index contributed by atoms with van der Waals surface area (Å²) in [6.45, 7) is 6.91. The van der Waals surface area contributed by atoms with E-state index in [0.29, 0.717) is 24.7 Å². The fourth-order valence-corrected chi connectivity index (χ4v) is 4.33. The number of ether oxygens (including phenoxy) is 2. The highest BCUT2D eigenvalue weighted by molar-refractivity contribution is 9.10. The molecule has 10 heteroatoms. The van der Waals surface area contributed by atoms with Crippen molar-refractivity contribution in [1.29, 1.82) is 0 Å². The standard InChI is InChI=1S/C22H26BrN5O3S/c1-22(2,3)31-21(29)27-10-9-16(13-27)28-14-19(32-26-28)25-20-18(11-15(23)12-24-20)30-17-7-5-4-6-8-17/h4-8,11-12,14,16,26H,9-10,13H2,1-3H3,(H,24,25). The molecule has 1 amide bonds. The van der Waals surface area contributed by atoms with Crippen LogP contribution in [0.4, 0.5) is 10.6 Å². The lowest BCUT2D eigenvalue weighted by molar-refractivity contribution is 0.0283. The zero-order valence-electron chi connectivity index (χ0n) is 18.2. The van der Waals surface area contributed by atoms with Gasteiger partial charge in [0.1, 0.15) is 16.4 Å². The quantitative estimate of drug-likeness (QED) is 0.513. The molecule has 0 bridgehead atoms. The van der Waals surface area contributed by atoms with Gasteiger partial charge in [0.2, 0.25) is 0 Å². The second kappa shape index (κ2) is 9.60. The van der Waals surface area contributed by atoms with Crippen molar-refractivity contribution in [3.8, 4) is 11.5 Å². The van der Waals surface area contributed by atoms with Crippen LogP contribution >= 0.6 is 27.9 Å². The number of halogens is 1. The van der Waals surface area contributed by atoms with Gasteiger partial charge in [0.05, 0.1) is 6.04 Å². The minimum Gasteiger partial charge on any atom is -0.453 e. The topological polar surface area (TPSA) is 79.0 Å². The van der Waals surface area contributed by atoms with Crippen molar-refractivity contribution in [2.75, 3.05) is 18.4 Å². The first-order valence-corrected chi connectivity index (χ1v) is 11.9. The molecule has 1 fully saturated rings. The van der Waals surface area contributed by atoms with E-state index in [9.17, 15) is 4.79 Å². The fourth-order valence-electron chi connectivity index (χ4n) is 3.30. The van der Waals surface area contributed by atoms with Crippen LogP contribution in [-0.2, 0) is 4.74 Å². The lowest BCUT2D eigenvalue weighted by Crippen LogP contribution is -2.40. The SMILES string of the molecule is CC(C)(C)OC(=O)N1CCC(N2C=C(Nc3ncc(Br)cc3Oc3ccccc3)SN2)C1. The van der Waals surface area contributed by atoms with Crippen LogP contribution in [0.1, 0.15) is 27.2 Å². The minimum absolute atomic E-state index is 0.159. The number of anilines is 1. The maximum Gasteiger partial charge on any atom is 0.410 e. The summed E-state index contributed by atoms with van der Waals surface area (Å²) in [5.41, 5.74) is -0.495. The van der Waals surface area contributed by atoms with Crippen LogP contribution in [0.2, 0.25) is 0 Å². The van der Waals surface area contributed by atoms with Crippen molar-refractivity contribution in [1.82, 2.24) is 19.7 Å². The predicted octanol–water partition coefficient (Wildman–Crippen LogP) is 5.33. The molecule has 0 radical (unpaired) electrons. The maximum absolute atomic E-state index is 12.3. The van der Waals surface area contributed by atoms with Crippen LogP contribution in [0.5, 0.6) is 11.5 Å². The first-order chi connectivity index (χ1) is 15.3. The molecule has 0 aliphatic carbocycles. The first-order valence-electron chi connectivity index (χ1n) is 10.3. The lowest BCUT2D eigenvalue weighted by atomic mass is 10.2. The highest BCUT2D eigenvalue weighted by Crippen LogP contribution is 2.34. The highest BCUT2D eigenvalue weighted by Gasteiger charge is 2.34. The van der Waals surface area contributed by atoms with E-state index in [2.05, 4.69) is 31.1 Å². The van der Waals surface area contributed by atoms with Gasteiger partial charge >= 0.3 is 6.09 Å². The van der Waals surface area contributed by atoms with Gasteiger partial charge in [-0.2, -0.15) is 4.83 Å². The number of carbonyl (C=O) groups is 1. The van der Waals surface area contributed by atoms with Crippen LogP contribution in [0.3, 0.4) is 0 Å². The number of amides is 1. The van der Waals surface area contributed by atoms with Crippen LogP contribution in [0.25, 0.3) is 0 Å². The van der Waals surface area contributed by atoms with Crippen molar-refractivity contribution in [3.05, 3.63) is 58.3 Å². The van der Waals surface area contributed by atoms with Crippen molar-refractivity contribution in [3.63, 3.8) is 0 Å². The Morgan fingerprint density at radius 2 is 2.09 bits per heavy atom. The summed E-state index contributed by atoms with van der Waals surface area (Å²) in [7, 11) is 0. The number of para-hydroxylation sites is 1. The summed E-state index contributed by atoms with van der Waals surface area (Å²) in [6, 6.07) is 11.6. The van der Waals surface area contributed by atoms with Gasteiger partial charge in [-0.1, -0.05) is 18.2 Å². The third kappa shape index (κ3) is 5.87. The number of rotatable bonds is 5. The second-order valence-corrected chi connectivity index (χ2v) is 10.2. The van der Waals surface area contributed by atoms with Gasteiger partial charge in [-0.3, -0.25) is 5.01 Å². The molecule has 2 aliphatic rings. The molecule has 1 saturated heterocycles. The number of hydrogen-bond acceptors (Lipinski definition) is 8. The van der Waals surface area contributed by atoms with E-state index in [0.717, 1.165) is 21.7 Å². The molecule has 1 atom stereocenters. The number of pyridine rings is 1. The van der Waals surface area contributed by atoms with Crippen molar-refractivity contribution in [2.45, 2.75) is 38.8 Å². The third-order valence-electron chi connectivity index (χ3n) is 4.76. The minimum atomic E-state index is -0.495. The van der Waals surface area contributed by atoms with Crippen LogP contribution in [0.15, 0.2) is 58.3 Å². The molecular formula is C22H26BrN5O3S. The van der Waals surface area contributed by atoms with Crippen LogP contribution in [-0.4, -0.2) is 45.7 Å².